The average Bonchev–Trinajstić information content (AvgIpc) is 2.93. The lowest BCUT2D eigenvalue weighted by atomic mass is 9.71. The number of benzene rings is 2. The number of nitrogens with zero attached hydrogens (tertiary/aromatic N) is 1. The molecule has 5 rings (SSSR count). The van der Waals surface area contributed by atoms with Crippen LogP contribution >= 0.6 is 0 Å². The lowest BCUT2D eigenvalue weighted by Crippen LogP contribution is -2.37. The van der Waals surface area contributed by atoms with Gasteiger partial charge in [-0.2, -0.15) is 0 Å². The summed E-state index contributed by atoms with van der Waals surface area (Å²) in [6.45, 7) is 1.84. The highest BCUT2D eigenvalue weighted by Gasteiger charge is 2.41. The van der Waals surface area contributed by atoms with Crippen LogP contribution in [-0.2, 0) is 9.59 Å². The highest BCUT2D eigenvalue weighted by atomic mass is 16.5. The van der Waals surface area contributed by atoms with Gasteiger partial charge in [0.25, 0.3) is 5.91 Å². The smallest absolute Gasteiger partial charge is 0.254 e. The van der Waals surface area contributed by atoms with Gasteiger partial charge in [-0.15, -0.1) is 0 Å². The third kappa shape index (κ3) is 4.72. The Hall–Kier alpha value is -4.59. The molecule has 0 fully saturated rings. The SMILES string of the molecule is COc1ccc(C2CC(=O)C3=C(C2)NC(C)=C(C(=O)Nc2cccnc2)C3c2ccc(O)c(OC)c2)cc1. The van der Waals surface area contributed by atoms with Crippen LogP contribution in [0.5, 0.6) is 17.2 Å². The number of ketones is 1. The number of aromatic hydroxyl groups is 1. The first-order valence-corrected chi connectivity index (χ1v) is 12.4. The molecule has 0 saturated heterocycles. The van der Waals surface area contributed by atoms with Crippen LogP contribution in [0.2, 0.25) is 0 Å². The molecule has 2 aromatic carbocycles. The van der Waals surface area contributed by atoms with Crippen molar-refractivity contribution in [3.05, 3.63) is 101 Å². The van der Waals surface area contributed by atoms with Crippen LogP contribution < -0.4 is 20.1 Å². The molecule has 8 nitrogen and oxygen atoms in total. The number of ether oxygens (including phenoxy) is 2. The highest BCUT2D eigenvalue weighted by molar-refractivity contribution is 6.10. The van der Waals surface area contributed by atoms with E-state index in [9.17, 15) is 14.7 Å². The van der Waals surface area contributed by atoms with Crippen LogP contribution in [0.15, 0.2) is 89.5 Å². The first kappa shape index (κ1) is 25.1. The van der Waals surface area contributed by atoms with E-state index in [2.05, 4.69) is 15.6 Å². The lowest BCUT2D eigenvalue weighted by molar-refractivity contribution is -0.116. The third-order valence-corrected chi connectivity index (χ3v) is 7.12. The largest absolute Gasteiger partial charge is 0.504 e. The molecule has 3 N–H and O–H groups in total. The molecule has 0 radical (unpaired) electrons. The van der Waals surface area contributed by atoms with Crippen LogP contribution in [0.1, 0.15) is 42.7 Å². The summed E-state index contributed by atoms with van der Waals surface area (Å²) >= 11 is 0. The second-order valence-corrected chi connectivity index (χ2v) is 9.42. The zero-order chi connectivity index (χ0) is 26.8. The minimum Gasteiger partial charge on any atom is -0.504 e. The Morgan fingerprint density at radius 1 is 1.05 bits per heavy atom. The van der Waals surface area contributed by atoms with E-state index in [-0.39, 0.29) is 29.1 Å². The second kappa shape index (κ2) is 10.4. The van der Waals surface area contributed by atoms with Gasteiger partial charge in [0.05, 0.1) is 26.1 Å². The maximum absolute atomic E-state index is 13.8. The summed E-state index contributed by atoms with van der Waals surface area (Å²) in [5.41, 5.74) is 4.73. The summed E-state index contributed by atoms with van der Waals surface area (Å²) in [5, 5.41) is 16.5. The Labute approximate surface area is 221 Å². The van der Waals surface area contributed by atoms with Gasteiger partial charge in [0, 0.05) is 41.1 Å². The molecular formula is C30H29N3O5. The number of methoxy groups -OCH3 is 2. The van der Waals surface area contributed by atoms with Crippen LogP contribution in [-0.4, -0.2) is 36.0 Å². The van der Waals surface area contributed by atoms with Gasteiger partial charge in [0.1, 0.15) is 5.75 Å². The summed E-state index contributed by atoms with van der Waals surface area (Å²) in [4.78, 5) is 31.5. The Balaban J connectivity index is 1.57. The second-order valence-electron chi connectivity index (χ2n) is 9.42. The number of carbonyl (C=O) groups excluding carboxylic acids is 2. The Morgan fingerprint density at radius 2 is 1.82 bits per heavy atom. The summed E-state index contributed by atoms with van der Waals surface area (Å²) in [5.74, 6) is 0.00149. The Bertz CT molecular complexity index is 1440. The van der Waals surface area contributed by atoms with E-state index in [4.69, 9.17) is 9.47 Å². The van der Waals surface area contributed by atoms with Crippen LogP contribution in [0, 0.1) is 0 Å². The summed E-state index contributed by atoms with van der Waals surface area (Å²) in [7, 11) is 3.09. The fourth-order valence-electron chi connectivity index (χ4n) is 5.29. The van der Waals surface area contributed by atoms with E-state index < -0.39 is 5.92 Å². The molecule has 0 bridgehead atoms. The number of nitrogens with one attached hydrogen (secondary N) is 2. The number of anilines is 1. The first-order chi connectivity index (χ1) is 18.4. The van der Waals surface area contributed by atoms with Crippen molar-refractivity contribution < 1.29 is 24.2 Å². The number of amides is 1. The fourth-order valence-corrected chi connectivity index (χ4v) is 5.29. The van der Waals surface area contributed by atoms with Gasteiger partial charge in [-0.1, -0.05) is 18.2 Å². The van der Waals surface area contributed by atoms with Crippen molar-refractivity contribution in [2.75, 3.05) is 19.5 Å². The number of carbonyl (C=O) groups is 2. The molecule has 1 aliphatic carbocycles. The lowest BCUT2D eigenvalue weighted by Gasteiger charge is -2.37. The molecule has 194 valence electrons. The number of phenols is 1. The van der Waals surface area contributed by atoms with Gasteiger partial charge in [-0.05, 0) is 66.8 Å². The molecule has 2 aliphatic rings. The van der Waals surface area contributed by atoms with Crippen molar-refractivity contribution in [3.63, 3.8) is 0 Å². The summed E-state index contributed by atoms with van der Waals surface area (Å²) in [6, 6.07) is 16.2. The van der Waals surface area contributed by atoms with Crippen molar-refractivity contribution >= 4 is 17.4 Å². The number of aromatic nitrogens is 1. The van der Waals surface area contributed by atoms with Gasteiger partial charge in [0.2, 0.25) is 0 Å². The van der Waals surface area contributed by atoms with Gasteiger partial charge in [0.15, 0.2) is 17.3 Å². The number of allylic oxidation sites excluding steroid dienone is 3. The third-order valence-electron chi connectivity index (χ3n) is 7.12. The number of phenolic OH excluding ortho intramolecular Hbond substituents is 1. The molecule has 38 heavy (non-hydrogen) atoms. The molecule has 2 atom stereocenters. The Morgan fingerprint density at radius 3 is 2.50 bits per heavy atom. The number of hydrogen-bond acceptors (Lipinski definition) is 7. The first-order valence-electron chi connectivity index (χ1n) is 12.4. The van der Waals surface area contributed by atoms with E-state index >= 15 is 0 Å². The molecule has 3 aromatic rings. The maximum atomic E-state index is 13.8. The number of rotatable bonds is 6. The minimum atomic E-state index is -0.637. The molecule has 1 amide bonds. The number of Topliss-reactive ketones (excluding diaryl/α,β-unsaturated/α-hetero) is 1. The van der Waals surface area contributed by atoms with E-state index in [1.54, 1.807) is 43.8 Å². The van der Waals surface area contributed by atoms with E-state index in [0.29, 0.717) is 40.9 Å². The molecule has 1 aromatic heterocycles. The van der Waals surface area contributed by atoms with Crippen LogP contribution in [0.4, 0.5) is 5.69 Å². The average molecular weight is 512 g/mol. The molecule has 2 unspecified atom stereocenters. The van der Waals surface area contributed by atoms with Gasteiger partial charge >= 0.3 is 0 Å². The molecule has 2 heterocycles. The predicted molar refractivity (Wildman–Crippen MR) is 143 cm³/mol. The summed E-state index contributed by atoms with van der Waals surface area (Å²) in [6.07, 6.45) is 4.13. The standard InChI is InChI=1S/C30H29N3O5/c1-17-27(30(36)33-21-5-4-12-31-16-21)28(19-8-11-24(34)26(15-19)38-3)29-23(32-17)13-20(14-25(29)35)18-6-9-22(37-2)10-7-18/h4-12,15-16,20,28,32,34H,13-14H2,1-3H3,(H,33,36). The predicted octanol–water partition coefficient (Wildman–Crippen LogP) is 4.80. The normalized spacial score (nSPS) is 19.0. The van der Waals surface area contributed by atoms with Crippen LogP contribution in [0.25, 0.3) is 0 Å². The molecule has 0 saturated carbocycles. The van der Waals surface area contributed by atoms with E-state index in [1.807, 2.05) is 31.2 Å². The van der Waals surface area contributed by atoms with Gasteiger partial charge < -0.3 is 25.2 Å². The number of hydrogen-bond donors (Lipinski definition) is 3. The fraction of sp³-hybridized carbons (Fsp3) is 0.233. The summed E-state index contributed by atoms with van der Waals surface area (Å²) < 4.78 is 10.6. The van der Waals surface area contributed by atoms with Crippen molar-refractivity contribution in [3.8, 4) is 17.2 Å². The highest BCUT2D eigenvalue weighted by Crippen LogP contribution is 2.47. The number of dihydropyridines is 1. The minimum absolute atomic E-state index is 0.00627. The quantitative estimate of drug-likeness (QED) is 0.436. The van der Waals surface area contributed by atoms with Crippen molar-refractivity contribution in [1.29, 1.82) is 0 Å². The topological polar surface area (TPSA) is 110 Å². The zero-order valence-corrected chi connectivity index (χ0v) is 21.4. The zero-order valence-electron chi connectivity index (χ0n) is 21.4. The van der Waals surface area contributed by atoms with Crippen molar-refractivity contribution in [1.82, 2.24) is 10.3 Å². The van der Waals surface area contributed by atoms with E-state index in [0.717, 1.165) is 17.0 Å². The maximum Gasteiger partial charge on any atom is 0.254 e. The van der Waals surface area contributed by atoms with Crippen molar-refractivity contribution in [2.45, 2.75) is 31.6 Å². The molecule has 8 heteroatoms. The Kier molecular flexibility index (Phi) is 6.87. The molecular weight excluding hydrogens is 482 g/mol. The van der Waals surface area contributed by atoms with Gasteiger partial charge in [-0.3, -0.25) is 14.6 Å². The molecule has 0 spiro atoms. The molecule has 1 aliphatic heterocycles. The van der Waals surface area contributed by atoms with Gasteiger partial charge in [-0.25, -0.2) is 0 Å². The monoisotopic (exact) mass is 511 g/mol. The number of pyridine rings is 1. The van der Waals surface area contributed by atoms with Crippen LogP contribution in [0.3, 0.4) is 0 Å². The van der Waals surface area contributed by atoms with E-state index in [1.165, 1.54) is 13.2 Å². The van der Waals surface area contributed by atoms with Crippen molar-refractivity contribution in [2.24, 2.45) is 0 Å².